The van der Waals surface area contributed by atoms with Crippen molar-refractivity contribution in [1.82, 2.24) is 9.78 Å². The van der Waals surface area contributed by atoms with Crippen molar-refractivity contribution in [3.8, 4) is 0 Å². The Kier molecular flexibility index (Phi) is 4.14. The molecule has 0 aliphatic carbocycles. The highest BCUT2D eigenvalue weighted by molar-refractivity contribution is 5.91. The number of benzene rings is 1. The van der Waals surface area contributed by atoms with Crippen LogP contribution >= 0.6 is 0 Å². The Morgan fingerprint density at radius 2 is 2.20 bits per heavy atom. The Balaban J connectivity index is 1.98. The fourth-order valence-corrected chi connectivity index (χ4v) is 1.75. The lowest BCUT2D eigenvalue weighted by atomic mass is 10.2. The fourth-order valence-electron chi connectivity index (χ4n) is 1.75. The van der Waals surface area contributed by atoms with Crippen LogP contribution in [-0.4, -0.2) is 15.7 Å². The maximum absolute atomic E-state index is 11.9. The molecule has 1 aromatic carbocycles. The standard InChI is InChI=1S/C14H16N4O2/c1-10-4-5-11(15)9-12(10)17-13(19)6-8-18-14(20)3-2-7-16-18/h2-5,7,9H,6,8,15H2,1H3,(H,17,19). The summed E-state index contributed by atoms with van der Waals surface area (Å²) in [4.78, 5) is 23.3. The maximum Gasteiger partial charge on any atom is 0.266 e. The lowest BCUT2D eigenvalue weighted by molar-refractivity contribution is -0.116. The van der Waals surface area contributed by atoms with E-state index in [1.807, 2.05) is 13.0 Å². The van der Waals surface area contributed by atoms with Crippen molar-refractivity contribution in [2.75, 3.05) is 11.1 Å². The van der Waals surface area contributed by atoms with Gasteiger partial charge >= 0.3 is 0 Å². The highest BCUT2D eigenvalue weighted by Crippen LogP contribution is 2.18. The van der Waals surface area contributed by atoms with Crippen LogP contribution in [0, 0.1) is 6.92 Å². The van der Waals surface area contributed by atoms with E-state index < -0.39 is 0 Å². The second kappa shape index (κ2) is 6.01. The third-order valence-corrected chi connectivity index (χ3v) is 2.87. The summed E-state index contributed by atoms with van der Waals surface area (Å²) in [7, 11) is 0. The van der Waals surface area contributed by atoms with E-state index in [2.05, 4.69) is 10.4 Å². The van der Waals surface area contributed by atoms with Crippen LogP contribution in [-0.2, 0) is 11.3 Å². The Hall–Kier alpha value is -2.63. The number of aryl methyl sites for hydroxylation is 2. The van der Waals surface area contributed by atoms with Crippen LogP contribution in [0.4, 0.5) is 11.4 Å². The van der Waals surface area contributed by atoms with Crippen LogP contribution in [0.5, 0.6) is 0 Å². The second-order valence-electron chi connectivity index (χ2n) is 4.46. The predicted octanol–water partition coefficient (Wildman–Crippen LogP) is 1.16. The highest BCUT2D eigenvalue weighted by Gasteiger charge is 2.06. The third kappa shape index (κ3) is 3.44. The van der Waals surface area contributed by atoms with Crippen molar-refractivity contribution in [3.63, 3.8) is 0 Å². The van der Waals surface area contributed by atoms with E-state index >= 15 is 0 Å². The third-order valence-electron chi connectivity index (χ3n) is 2.87. The minimum absolute atomic E-state index is 0.172. The summed E-state index contributed by atoms with van der Waals surface area (Å²) in [5.74, 6) is -0.184. The molecule has 1 heterocycles. The van der Waals surface area contributed by atoms with Crippen LogP contribution < -0.4 is 16.6 Å². The highest BCUT2D eigenvalue weighted by atomic mass is 16.2. The number of hydrogen-bond donors (Lipinski definition) is 2. The van der Waals surface area contributed by atoms with Gasteiger partial charge in [0.15, 0.2) is 0 Å². The van der Waals surface area contributed by atoms with Gasteiger partial charge in [-0.15, -0.1) is 0 Å². The molecule has 0 spiro atoms. The number of rotatable bonds is 4. The molecule has 0 fully saturated rings. The van der Waals surface area contributed by atoms with Gasteiger partial charge in [-0.3, -0.25) is 9.59 Å². The minimum Gasteiger partial charge on any atom is -0.399 e. The lowest BCUT2D eigenvalue weighted by Crippen LogP contribution is -2.24. The summed E-state index contributed by atoms with van der Waals surface area (Å²) in [5.41, 5.74) is 7.67. The molecule has 1 aromatic heterocycles. The second-order valence-corrected chi connectivity index (χ2v) is 4.46. The SMILES string of the molecule is Cc1ccc(N)cc1NC(=O)CCn1ncccc1=O. The zero-order valence-electron chi connectivity index (χ0n) is 11.2. The molecule has 0 aliphatic heterocycles. The number of nitrogens with two attached hydrogens (primary N) is 1. The fraction of sp³-hybridized carbons (Fsp3) is 0.214. The van der Waals surface area contributed by atoms with E-state index in [0.717, 1.165) is 5.56 Å². The van der Waals surface area contributed by atoms with Gasteiger partial charge < -0.3 is 11.1 Å². The van der Waals surface area contributed by atoms with Crippen LogP contribution in [0.3, 0.4) is 0 Å². The number of nitrogen functional groups attached to an aromatic ring is 1. The molecular weight excluding hydrogens is 256 g/mol. The first kappa shape index (κ1) is 13.8. The van der Waals surface area contributed by atoms with Crippen molar-refractivity contribution in [2.24, 2.45) is 0 Å². The zero-order chi connectivity index (χ0) is 14.5. The molecule has 2 aromatic rings. The summed E-state index contributed by atoms with van der Waals surface area (Å²) in [6, 6.07) is 8.30. The number of nitrogens with one attached hydrogen (secondary N) is 1. The molecule has 20 heavy (non-hydrogen) atoms. The Bertz CT molecular complexity index is 679. The average molecular weight is 272 g/mol. The minimum atomic E-state index is -0.222. The molecule has 0 saturated heterocycles. The molecule has 0 saturated carbocycles. The van der Waals surface area contributed by atoms with Gasteiger partial charge in [0.1, 0.15) is 0 Å². The first-order chi connectivity index (χ1) is 9.56. The summed E-state index contributed by atoms with van der Waals surface area (Å²) in [6.45, 7) is 2.13. The molecule has 104 valence electrons. The average Bonchev–Trinajstić information content (AvgIpc) is 2.42. The quantitative estimate of drug-likeness (QED) is 0.817. The van der Waals surface area contributed by atoms with Crippen LogP contribution in [0.25, 0.3) is 0 Å². The van der Waals surface area contributed by atoms with Crippen LogP contribution in [0.15, 0.2) is 41.3 Å². The molecule has 2 rings (SSSR count). The molecule has 3 N–H and O–H groups in total. The van der Waals surface area contributed by atoms with Crippen molar-refractivity contribution in [3.05, 3.63) is 52.4 Å². The van der Waals surface area contributed by atoms with E-state index in [1.165, 1.54) is 16.9 Å². The summed E-state index contributed by atoms with van der Waals surface area (Å²) in [5, 5.41) is 6.67. The number of aromatic nitrogens is 2. The first-order valence-corrected chi connectivity index (χ1v) is 6.24. The van der Waals surface area contributed by atoms with Gasteiger partial charge in [0.25, 0.3) is 5.56 Å². The van der Waals surface area contributed by atoms with Gasteiger partial charge in [0.2, 0.25) is 5.91 Å². The summed E-state index contributed by atoms with van der Waals surface area (Å²) in [6.07, 6.45) is 1.69. The van der Waals surface area contributed by atoms with Gasteiger partial charge in [-0.25, -0.2) is 4.68 Å². The van der Waals surface area contributed by atoms with Crippen molar-refractivity contribution in [1.29, 1.82) is 0 Å². The van der Waals surface area contributed by atoms with Crippen LogP contribution in [0.2, 0.25) is 0 Å². The topological polar surface area (TPSA) is 90.0 Å². The number of carbonyl (C=O) groups is 1. The number of amides is 1. The van der Waals surface area contributed by atoms with Crippen molar-refractivity contribution in [2.45, 2.75) is 19.9 Å². The lowest BCUT2D eigenvalue weighted by Gasteiger charge is -2.09. The van der Waals surface area contributed by atoms with Gasteiger partial charge in [0, 0.05) is 30.1 Å². The molecular formula is C14H16N4O2. The number of nitrogens with zero attached hydrogens (tertiary/aromatic N) is 2. The predicted molar refractivity (Wildman–Crippen MR) is 77.3 cm³/mol. The van der Waals surface area contributed by atoms with Gasteiger partial charge in [-0.05, 0) is 30.7 Å². The summed E-state index contributed by atoms with van der Waals surface area (Å²) >= 11 is 0. The van der Waals surface area contributed by atoms with Gasteiger partial charge in [0.05, 0.1) is 6.54 Å². The summed E-state index contributed by atoms with van der Waals surface area (Å²) < 4.78 is 1.26. The first-order valence-electron chi connectivity index (χ1n) is 6.24. The normalized spacial score (nSPS) is 10.2. The van der Waals surface area contributed by atoms with E-state index in [-0.39, 0.29) is 24.4 Å². The molecule has 0 unspecified atom stereocenters. The Morgan fingerprint density at radius 1 is 1.40 bits per heavy atom. The molecule has 0 aliphatic rings. The van der Waals surface area contributed by atoms with Crippen LogP contribution in [0.1, 0.15) is 12.0 Å². The number of hydrogen-bond acceptors (Lipinski definition) is 4. The van der Waals surface area contributed by atoms with E-state index in [0.29, 0.717) is 11.4 Å². The molecule has 0 radical (unpaired) electrons. The number of carbonyl (C=O) groups excluding carboxylic acids is 1. The smallest absolute Gasteiger partial charge is 0.266 e. The largest absolute Gasteiger partial charge is 0.399 e. The molecule has 1 amide bonds. The number of anilines is 2. The molecule has 0 atom stereocenters. The van der Waals surface area contributed by atoms with E-state index in [9.17, 15) is 9.59 Å². The zero-order valence-corrected chi connectivity index (χ0v) is 11.2. The van der Waals surface area contributed by atoms with Gasteiger partial charge in [-0.1, -0.05) is 6.07 Å². The van der Waals surface area contributed by atoms with Gasteiger partial charge in [-0.2, -0.15) is 5.10 Å². The van der Waals surface area contributed by atoms with E-state index in [4.69, 9.17) is 5.73 Å². The van der Waals surface area contributed by atoms with E-state index in [1.54, 1.807) is 18.2 Å². The molecule has 6 nitrogen and oxygen atoms in total. The molecule has 0 bridgehead atoms. The Labute approximate surface area is 116 Å². The maximum atomic E-state index is 11.9. The monoisotopic (exact) mass is 272 g/mol. The molecule has 6 heteroatoms. The van der Waals surface area contributed by atoms with Crippen molar-refractivity contribution < 1.29 is 4.79 Å². The van der Waals surface area contributed by atoms with Crippen molar-refractivity contribution >= 4 is 17.3 Å². The Morgan fingerprint density at radius 3 is 2.95 bits per heavy atom.